The highest BCUT2D eigenvalue weighted by Gasteiger charge is 2.40. The van der Waals surface area contributed by atoms with Crippen molar-refractivity contribution >= 4 is 23.5 Å². The maximum absolute atomic E-state index is 11.2. The van der Waals surface area contributed by atoms with Crippen LogP contribution < -0.4 is 4.74 Å². The largest absolute Gasteiger partial charge is 0.497 e. The van der Waals surface area contributed by atoms with Crippen molar-refractivity contribution in [1.82, 2.24) is 0 Å². The van der Waals surface area contributed by atoms with E-state index in [1.165, 1.54) is 5.56 Å². The predicted molar refractivity (Wildman–Crippen MR) is 126 cm³/mol. The zero-order valence-electron chi connectivity index (χ0n) is 18.7. The van der Waals surface area contributed by atoms with Crippen LogP contribution in [-0.4, -0.2) is 51.2 Å². The molecular weight excluding hydrogens is 448 g/mol. The van der Waals surface area contributed by atoms with Gasteiger partial charge in [0.2, 0.25) is 0 Å². The predicted octanol–water partition coefficient (Wildman–Crippen LogP) is 4.55. The molecule has 0 aliphatic rings. The summed E-state index contributed by atoms with van der Waals surface area (Å²) in [5, 5.41) is 38.6. The zero-order chi connectivity index (χ0) is 24.4. The minimum atomic E-state index is -2.46. The van der Waals surface area contributed by atoms with Crippen molar-refractivity contribution in [3.05, 3.63) is 53.1 Å². The summed E-state index contributed by atoms with van der Waals surface area (Å²) in [7, 11) is 1.63. The lowest BCUT2D eigenvalue weighted by Gasteiger charge is -2.24. The number of methoxy groups -OCH3 is 1. The second-order valence-electron chi connectivity index (χ2n) is 8.25. The number of hydrogen-bond acceptors (Lipinski definition) is 5. The molecule has 0 heterocycles. The van der Waals surface area contributed by atoms with Crippen LogP contribution in [0.25, 0.3) is 11.1 Å². The van der Waals surface area contributed by atoms with Gasteiger partial charge in [-0.1, -0.05) is 49.1 Å². The number of unbranched alkanes of at least 4 members (excludes halogenated alkanes) is 3. The third kappa shape index (κ3) is 8.35. The summed E-state index contributed by atoms with van der Waals surface area (Å²) in [5.74, 6) is -2.28. The quantitative estimate of drug-likeness (QED) is 0.293. The number of aliphatic hydroxyl groups excluding tert-OH is 1. The lowest BCUT2D eigenvalue weighted by molar-refractivity contribution is -0.168. The van der Waals surface area contributed by atoms with E-state index >= 15 is 0 Å². The van der Waals surface area contributed by atoms with Gasteiger partial charge in [0.1, 0.15) is 5.75 Å². The topological polar surface area (TPSA) is 124 Å². The Kier molecular flexibility index (Phi) is 10.2. The van der Waals surface area contributed by atoms with Crippen LogP contribution in [-0.2, 0) is 16.0 Å². The molecule has 0 aliphatic heterocycles. The molecular formula is C25H31ClO7. The molecule has 2 rings (SSSR count). The van der Waals surface area contributed by atoms with Crippen molar-refractivity contribution < 1.29 is 34.8 Å². The van der Waals surface area contributed by atoms with Gasteiger partial charge in [-0.2, -0.15) is 0 Å². The van der Waals surface area contributed by atoms with E-state index in [1.54, 1.807) is 7.11 Å². The van der Waals surface area contributed by atoms with Crippen LogP contribution in [0.2, 0.25) is 5.02 Å². The molecule has 0 saturated heterocycles. The summed E-state index contributed by atoms with van der Waals surface area (Å²) in [5.41, 5.74) is 0.859. The van der Waals surface area contributed by atoms with E-state index in [4.69, 9.17) is 26.6 Å². The van der Waals surface area contributed by atoms with Gasteiger partial charge in [0.25, 0.3) is 0 Å². The van der Waals surface area contributed by atoms with Crippen LogP contribution in [0.3, 0.4) is 0 Å². The van der Waals surface area contributed by atoms with E-state index in [0.717, 1.165) is 42.6 Å². The van der Waals surface area contributed by atoms with E-state index in [-0.39, 0.29) is 0 Å². The molecule has 4 N–H and O–H groups in total. The molecule has 2 aromatic rings. The van der Waals surface area contributed by atoms with Crippen LogP contribution in [0.4, 0.5) is 0 Å². The Balaban J connectivity index is 1.82. The Bertz CT molecular complexity index is 929. The van der Waals surface area contributed by atoms with Crippen LogP contribution in [0.5, 0.6) is 5.75 Å². The molecule has 0 aromatic heterocycles. The maximum Gasteiger partial charge on any atom is 0.336 e. The van der Waals surface area contributed by atoms with Crippen LogP contribution in [0, 0.1) is 0 Å². The summed E-state index contributed by atoms with van der Waals surface area (Å²) >= 11 is 6.22. The number of benzene rings is 2. The van der Waals surface area contributed by atoms with Crippen LogP contribution in [0.15, 0.2) is 42.5 Å². The fraction of sp³-hybridized carbons (Fsp3) is 0.440. The van der Waals surface area contributed by atoms with Crippen molar-refractivity contribution in [2.24, 2.45) is 0 Å². The van der Waals surface area contributed by atoms with Gasteiger partial charge in [0.05, 0.1) is 19.6 Å². The van der Waals surface area contributed by atoms with E-state index in [9.17, 15) is 19.8 Å². The van der Waals surface area contributed by atoms with Crippen molar-refractivity contribution in [2.75, 3.05) is 7.11 Å². The fourth-order valence-corrected chi connectivity index (χ4v) is 4.00. The molecule has 33 heavy (non-hydrogen) atoms. The highest BCUT2D eigenvalue weighted by atomic mass is 35.5. The van der Waals surface area contributed by atoms with Crippen molar-refractivity contribution in [3.63, 3.8) is 0 Å². The number of ether oxygens (including phenoxy) is 1. The van der Waals surface area contributed by atoms with Crippen molar-refractivity contribution in [1.29, 1.82) is 0 Å². The van der Waals surface area contributed by atoms with Gasteiger partial charge in [-0.3, -0.25) is 4.79 Å². The molecule has 0 fully saturated rings. The molecule has 0 spiro atoms. The summed E-state index contributed by atoms with van der Waals surface area (Å²) in [6.07, 6.45) is 1.94. The molecule has 2 atom stereocenters. The number of halogens is 1. The number of aliphatic carboxylic acids is 2. The second-order valence-corrected chi connectivity index (χ2v) is 8.68. The van der Waals surface area contributed by atoms with Crippen LogP contribution in [0.1, 0.15) is 50.5 Å². The number of carbonyl (C=O) groups is 2. The van der Waals surface area contributed by atoms with Gasteiger partial charge < -0.3 is 25.2 Å². The highest BCUT2D eigenvalue weighted by molar-refractivity contribution is 6.30. The van der Waals surface area contributed by atoms with Crippen LogP contribution >= 0.6 is 11.6 Å². The van der Waals surface area contributed by atoms with Gasteiger partial charge >= 0.3 is 11.9 Å². The summed E-state index contributed by atoms with van der Waals surface area (Å²) in [6.45, 7) is 0. The molecule has 0 radical (unpaired) electrons. The molecule has 0 saturated carbocycles. The van der Waals surface area contributed by atoms with Crippen molar-refractivity contribution in [3.8, 4) is 16.9 Å². The minimum Gasteiger partial charge on any atom is -0.497 e. The number of aryl methyl sites for hydroxylation is 1. The van der Waals surface area contributed by atoms with Gasteiger partial charge in [-0.25, -0.2) is 4.79 Å². The number of aliphatic hydroxyl groups is 2. The number of rotatable bonds is 14. The Morgan fingerprint density at radius 1 is 1.03 bits per heavy atom. The fourth-order valence-electron chi connectivity index (χ4n) is 3.83. The maximum atomic E-state index is 11.2. The molecule has 2 aromatic carbocycles. The lowest BCUT2D eigenvalue weighted by atomic mass is 9.90. The SMILES string of the molecule is COc1ccc(-c2cc(Cl)ccc2CCCCCC[C@H](O)C[C@@](O)(CC(=O)O)C(=O)O)cc1. The summed E-state index contributed by atoms with van der Waals surface area (Å²) < 4.78 is 5.22. The van der Waals surface area contributed by atoms with Gasteiger partial charge in [0, 0.05) is 11.4 Å². The second kappa shape index (κ2) is 12.6. The molecule has 0 aliphatic carbocycles. The first-order valence-corrected chi connectivity index (χ1v) is 11.3. The van der Waals surface area contributed by atoms with E-state index < -0.39 is 36.5 Å². The van der Waals surface area contributed by atoms with Gasteiger partial charge in [-0.15, -0.1) is 0 Å². The Labute approximate surface area is 198 Å². The van der Waals surface area contributed by atoms with E-state index in [1.807, 2.05) is 42.5 Å². The lowest BCUT2D eigenvalue weighted by Crippen LogP contribution is -2.43. The Morgan fingerprint density at radius 2 is 1.70 bits per heavy atom. The third-order valence-corrected chi connectivity index (χ3v) is 5.86. The highest BCUT2D eigenvalue weighted by Crippen LogP contribution is 2.30. The Morgan fingerprint density at radius 3 is 2.30 bits per heavy atom. The van der Waals surface area contributed by atoms with E-state index in [0.29, 0.717) is 17.9 Å². The van der Waals surface area contributed by atoms with Gasteiger partial charge in [-0.05, 0) is 60.2 Å². The molecule has 7 nitrogen and oxygen atoms in total. The first kappa shape index (κ1) is 26.6. The number of carboxylic acid groups (broad SMARTS) is 2. The molecule has 0 unspecified atom stereocenters. The molecule has 8 heteroatoms. The summed E-state index contributed by atoms with van der Waals surface area (Å²) in [4.78, 5) is 22.0. The summed E-state index contributed by atoms with van der Waals surface area (Å²) in [6, 6.07) is 13.7. The zero-order valence-corrected chi connectivity index (χ0v) is 19.4. The van der Waals surface area contributed by atoms with E-state index in [2.05, 4.69) is 0 Å². The Hall–Kier alpha value is -2.61. The first-order chi connectivity index (χ1) is 15.6. The number of hydrogen-bond donors (Lipinski definition) is 4. The molecule has 0 bridgehead atoms. The normalized spacial score (nSPS) is 13.8. The average molecular weight is 479 g/mol. The van der Waals surface area contributed by atoms with Gasteiger partial charge in [0.15, 0.2) is 5.60 Å². The third-order valence-electron chi connectivity index (χ3n) is 5.62. The standard InChI is InChI=1S/C25H31ClO7/c1-33-21-12-9-18(10-13-21)22-14-19(26)11-8-17(22)6-4-2-3-5-7-20(27)15-25(32,24(30)31)16-23(28)29/h8-14,20,27,32H,2-7,15-16H2,1H3,(H,28,29)(H,30,31)/t20-,25+/m0/s1. The smallest absolute Gasteiger partial charge is 0.336 e. The minimum absolute atomic E-state index is 0.299. The monoisotopic (exact) mass is 478 g/mol. The van der Waals surface area contributed by atoms with Crippen molar-refractivity contribution in [2.45, 2.75) is 63.1 Å². The average Bonchev–Trinajstić information content (AvgIpc) is 2.76. The number of carboxylic acids is 2. The molecule has 180 valence electrons. The first-order valence-electron chi connectivity index (χ1n) is 10.9. The molecule has 0 amide bonds.